The predicted molar refractivity (Wildman–Crippen MR) is 308 cm³/mol. The normalized spacial score (nSPS) is 22.2. The largest absolute Gasteiger partial charge is 0.347 e. The van der Waals surface area contributed by atoms with E-state index in [1.807, 2.05) is 0 Å². The summed E-state index contributed by atoms with van der Waals surface area (Å²) in [6.45, 7) is 14.4. The number of likely N-dealkylation sites (N-methyl/N-ethyl adjacent to an activating group) is 2. The molecule has 0 fully saturated rings. The molecule has 0 spiro atoms. The van der Waals surface area contributed by atoms with Crippen molar-refractivity contribution in [2.75, 3.05) is 38.0 Å². The summed E-state index contributed by atoms with van der Waals surface area (Å²) in [7, 11) is 8.97. The second-order valence-electron chi connectivity index (χ2n) is 22.3. The molecule has 4 aliphatic rings. The number of hydrogen-bond donors (Lipinski definition) is 0. The number of allylic oxidation sites excluding steroid dienone is 10. The van der Waals surface area contributed by atoms with Gasteiger partial charge < -0.3 is 9.80 Å². The van der Waals surface area contributed by atoms with Crippen LogP contribution in [0.1, 0.15) is 76.6 Å². The van der Waals surface area contributed by atoms with Crippen molar-refractivity contribution in [3.63, 3.8) is 0 Å². The molecule has 0 N–H and O–H groups in total. The lowest BCUT2D eigenvalue weighted by Crippen LogP contribution is -2.31. The second kappa shape index (κ2) is 16.5. The highest BCUT2D eigenvalue weighted by atomic mass is 15.2. The maximum atomic E-state index is 2.49. The summed E-state index contributed by atoms with van der Waals surface area (Å²) in [5.74, 6) is 0. The van der Waals surface area contributed by atoms with Gasteiger partial charge in [-0.05, 0) is 117 Å². The van der Waals surface area contributed by atoms with Gasteiger partial charge in [-0.3, -0.25) is 0 Å². The first kappa shape index (κ1) is 45.6. The Morgan fingerprint density at radius 2 is 0.722 bits per heavy atom. The van der Waals surface area contributed by atoms with E-state index in [0.717, 1.165) is 12.8 Å². The average molecular weight is 939 g/mol. The van der Waals surface area contributed by atoms with Gasteiger partial charge in [0.15, 0.2) is 11.4 Å². The summed E-state index contributed by atoms with van der Waals surface area (Å²) < 4.78 is 4.89. The van der Waals surface area contributed by atoms with Crippen LogP contribution in [-0.4, -0.2) is 48.8 Å². The number of benzene rings is 8. The Kier molecular flexibility index (Phi) is 10.4. The number of nitrogens with zero attached hydrogens (tertiary/aromatic N) is 4. The molecule has 4 heterocycles. The third-order valence-corrected chi connectivity index (χ3v) is 17.5. The summed E-state index contributed by atoms with van der Waals surface area (Å²) in [5.41, 5.74) is 15.1. The first-order valence-corrected chi connectivity index (χ1v) is 25.9. The molecular formula is C68H66N4+2. The molecule has 0 bridgehead atoms. The molecule has 0 aliphatic carbocycles. The zero-order chi connectivity index (χ0) is 49.9. The topological polar surface area (TPSA) is 12.5 Å². The minimum atomic E-state index is -0.285. The third-order valence-electron chi connectivity index (χ3n) is 17.5. The minimum absolute atomic E-state index is 0.159. The van der Waals surface area contributed by atoms with Crippen LogP contribution in [0.2, 0.25) is 0 Å². The van der Waals surface area contributed by atoms with Crippen molar-refractivity contribution in [1.29, 1.82) is 0 Å². The van der Waals surface area contributed by atoms with Gasteiger partial charge >= 0.3 is 0 Å². The Bertz CT molecular complexity index is 3600. The quantitative estimate of drug-likeness (QED) is 0.111. The lowest BCUT2D eigenvalue weighted by Gasteiger charge is -2.25. The zero-order valence-corrected chi connectivity index (χ0v) is 43.7. The molecule has 0 amide bonds. The van der Waals surface area contributed by atoms with E-state index in [4.69, 9.17) is 0 Å². The minimum Gasteiger partial charge on any atom is -0.347 e. The smallest absolute Gasteiger partial charge is 0.210 e. The predicted octanol–water partition coefficient (Wildman–Crippen LogP) is 16.0. The molecule has 2 atom stereocenters. The number of hydrogen-bond acceptors (Lipinski definition) is 2. The lowest BCUT2D eigenvalue weighted by atomic mass is 9.73. The Morgan fingerprint density at radius 3 is 1.08 bits per heavy atom. The highest BCUT2D eigenvalue weighted by Crippen LogP contribution is 2.53. The van der Waals surface area contributed by atoms with Crippen molar-refractivity contribution >= 4 is 77.3 Å². The number of rotatable bonds is 8. The Morgan fingerprint density at radius 1 is 0.403 bits per heavy atom. The van der Waals surface area contributed by atoms with Gasteiger partial charge in [-0.25, -0.2) is 0 Å². The van der Waals surface area contributed by atoms with Crippen molar-refractivity contribution < 1.29 is 9.15 Å². The van der Waals surface area contributed by atoms with Crippen molar-refractivity contribution in [2.24, 2.45) is 0 Å². The molecule has 0 aromatic heterocycles. The molecule has 8 aromatic rings. The van der Waals surface area contributed by atoms with Crippen molar-refractivity contribution in [2.45, 2.75) is 76.0 Å². The molecule has 12 rings (SSSR count). The first-order valence-electron chi connectivity index (χ1n) is 25.9. The summed E-state index contributed by atoms with van der Waals surface area (Å²) in [5, 5.41) is 10.5. The molecular weight excluding hydrogens is 873 g/mol. The summed E-state index contributed by atoms with van der Waals surface area (Å²) in [6.07, 6.45) is 20.8. The van der Waals surface area contributed by atoms with E-state index in [1.165, 1.54) is 111 Å². The van der Waals surface area contributed by atoms with Crippen LogP contribution in [0.25, 0.3) is 43.1 Å². The lowest BCUT2D eigenvalue weighted by molar-refractivity contribution is -0.401. The molecule has 4 heteroatoms. The number of anilines is 2. The van der Waals surface area contributed by atoms with E-state index in [2.05, 4.69) is 283 Å². The maximum Gasteiger partial charge on any atom is 0.210 e. The van der Waals surface area contributed by atoms with Gasteiger partial charge in [0.2, 0.25) is 11.4 Å². The average Bonchev–Trinajstić information content (AvgIpc) is 3.91. The molecule has 4 nitrogen and oxygen atoms in total. The fourth-order valence-electron chi connectivity index (χ4n) is 14.0. The maximum absolute atomic E-state index is 2.49. The molecule has 8 aromatic carbocycles. The van der Waals surface area contributed by atoms with Crippen LogP contribution in [0.3, 0.4) is 0 Å². The van der Waals surface area contributed by atoms with Crippen molar-refractivity contribution in [3.8, 4) is 0 Å². The molecule has 4 aliphatic heterocycles. The monoisotopic (exact) mass is 939 g/mol. The van der Waals surface area contributed by atoms with E-state index in [9.17, 15) is 0 Å². The third kappa shape index (κ3) is 6.57. The fourth-order valence-corrected chi connectivity index (χ4v) is 14.0. The standard InChI is InChI=1S/C68H66N4/c1-65(2)57(69(7)53-39-35-45-23-11-15-27-49(45)61(53)65)31-21-33-59-67(5,63-51-29-17-13-25-47(51)37-41-55(63)71(59)9)43-19-20-44-68(6)60(72(10)56-42-38-48-26-14-18-30-52(48)64(56)68)34-22-32-58-66(3,4)62-50-28-16-12-24-46(50)36-40-54(62)70(58)8/h11-42H,43-44H2,1-10H3/q+2. The molecule has 0 saturated heterocycles. The molecule has 0 radical (unpaired) electrons. The van der Waals surface area contributed by atoms with E-state index in [-0.39, 0.29) is 21.7 Å². The summed E-state index contributed by atoms with van der Waals surface area (Å²) in [6, 6.07) is 53.9. The SMILES string of the molecule is CN1/C(=C/C=C/C2=[N+](C)c3ccc4ccccc4c3C2(C)CC=CCC2(C)C(/C=C/C=C3/N(C)c4ccc5ccccc5c4C3(C)C)=[N+](C)c3ccc4ccccc4c32)C(C)(C)c2c1ccc1ccccc21. The highest BCUT2D eigenvalue weighted by molar-refractivity contribution is 6.09. The van der Waals surface area contributed by atoms with Gasteiger partial charge in [-0.1, -0.05) is 161 Å². The fraction of sp³-hybridized carbons (Fsp3) is 0.235. The zero-order valence-electron chi connectivity index (χ0n) is 43.7. The summed E-state index contributed by atoms with van der Waals surface area (Å²) in [4.78, 5) is 4.79. The van der Waals surface area contributed by atoms with Crippen LogP contribution in [0, 0.1) is 0 Å². The van der Waals surface area contributed by atoms with Gasteiger partial charge in [0.05, 0.1) is 10.8 Å². The Hall–Kier alpha value is -7.56. The van der Waals surface area contributed by atoms with Gasteiger partial charge in [-0.2, -0.15) is 9.15 Å². The van der Waals surface area contributed by atoms with Crippen LogP contribution in [0.4, 0.5) is 22.7 Å². The van der Waals surface area contributed by atoms with Gasteiger partial charge in [0.25, 0.3) is 0 Å². The van der Waals surface area contributed by atoms with Crippen LogP contribution in [0.15, 0.2) is 206 Å². The van der Waals surface area contributed by atoms with E-state index < -0.39 is 0 Å². The van der Waals surface area contributed by atoms with Gasteiger partial charge in [-0.15, -0.1) is 0 Å². The van der Waals surface area contributed by atoms with Crippen LogP contribution < -0.4 is 9.80 Å². The van der Waals surface area contributed by atoms with E-state index in [0.29, 0.717) is 0 Å². The Labute approximate surface area is 426 Å². The first-order chi connectivity index (χ1) is 34.7. The summed E-state index contributed by atoms with van der Waals surface area (Å²) >= 11 is 0. The molecule has 0 saturated carbocycles. The van der Waals surface area contributed by atoms with Crippen molar-refractivity contribution in [3.05, 3.63) is 228 Å². The van der Waals surface area contributed by atoms with E-state index >= 15 is 0 Å². The van der Waals surface area contributed by atoms with Crippen molar-refractivity contribution in [1.82, 2.24) is 0 Å². The van der Waals surface area contributed by atoms with Gasteiger partial charge in [0.1, 0.15) is 14.1 Å². The highest BCUT2D eigenvalue weighted by Gasteiger charge is 2.49. The molecule has 2 unspecified atom stereocenters. The van der Waals surface area contributed by atoms with Gasteiger partial charge in [0, 0.05) is 83.1 Å². The molecule has 356 valence electrons. The molecule has 72 heavy (non-hydrogen) atoms. The van der Waals surface area contributed by atoms with Crippen LogP contribution >= 0.6 is 0 Å². The van der Waals surface area contributed by atoms with Crippen LogP contribution in [0.5, 0.6) is 0 Å². The Balaban J connectivity index is 0.900. The second-order valence-corrected chi connectivity index (χ2v) is 22.3. The van der Waals surface area contributed by atoms with E-state index in [1.54, 1.807) is 0 Å². The number of fused-ring (bicyclic) bond motifs is 12. The van der Waals surface area contributed by atoms with Crippen LogP contribution in [-0.2, 0) is 21.7 Å².